The van der Waals surface area contributed by atoms with Crippen LogP contribution in [0, 0.1) is 0 Å². The fourth-order valence-corrected chi connectivity index (χ4v) is 5.18. The average molecular weight is 431 g/mol. The van der Waals surface area contributed by atoms with Crippen LogP contribution in [-0.2, 0) is 27.8 Å². The lowest BCUT2D eigenvalue weighted by Gasteiger charge is -2.20. The molecule has 0 atom stereocenters. The zero-order chi connectivity index (χ0) is 19.4. The number of carbonyl (C=O) groups is 1. The van der Waals surface area contributed by atoms with Crippen molar-refractivity contribution in [3.05, 3.63) is 39.7 Å². The quantitative estimate of drug-likeness (QED) is 0.703. The van der Waals surface area contributed by atoms with Crippen molar-refractivity contribution < 1.29 is 22.7 Å². The number of ether oxygens (including phenoxy) is 2. The van der Waals surface area contributed by atoms with E-state index in [1.54, 1.807) is 12.1 Å². The fraction of sp³-hybridized carbons (Fsp3) is 0.353. The van der Waals surface area contributed by atoms with E-state index in [1.165, 1.54) is 13.0 Å². The Balaban J connectivity index is 1.59. The molecule has 0 radical (unpaired) electrons. The summed E-state index contributed by atoms with van der Waals surface area (Å²) < 4.78 is 38.6. The predicted molar refractivity (Wildman–Crippen MR) is 103 cm³/mol. The van der Waals surface area contributed by atoms with E-state index >= 15 is 0 Å². The summed E-state index contributed by atoms with van der Waals surface area (Å²) in [6, 6.07) is 6.78. The Morgan fingerprint density at radius 3 is 2.81 bits per heavy atom. The average Bonchev–Trinajstić information content (AvgIpc) is 3.10. The summed E-state index contributed by atoms with van der Waals surface area (Å²) in [4.78, 5) is 11.7. The normalized spacial score (nSPS) is 13.4. The molecule has 1 aliphatic rings. The molecule has 1 aromatic heterocycles. The minimum Gasteiger partial charge on any atom is -0.486 e. The SMILES string of the molecule is CC(=O)NCc1ccc(S(=O)(=O)NCCc2cc(Cl)c3c(c2)OCCO3)s1. The molecule has 27 heavy (non-hydrogen) atoms. The number of halogens is 1. The van der Waals surface area contributed by atoms with Gasteiger partial charge in [0.15, 0.2) is 11.5 Å². The maximum absolute atomic E-state index is 12.4. The van der Waals surface area contributed by atoms with Crippen molar-refractivity contribution in [2.75, 3.05) is 19.8 Å². The molecular formula is C17H19ClN2O5S2. The molecule has 1 aromatic carbocycles. The molecule has 1 aliphatic heterocycles. The summed E-state index contributed by atoms with van der Waals surface area (Å²) in [6.07, 6.45) is 0.458. The minimum absolute atomic E-state index is 0.163. The largest absolute Gasteiger partial charge is 0.486 e. The Bertz CT molecular complexity index is 943. The molecule has 0 bridgehead atoms. The number of amides is 1. The fourth-order valence-electron chi connectivity index (χ4n) is 2.52. The summed E-state index contributed by atoms with van der Waals surface area (Å²) in [5.41, 5.74) is 0.851. The van der Waals surface area contributed by atoms with Crippen molar-refractivity contribution in [3.8, 4) is 11.5 Å². The Morgan fingerprint density at radius 1 is 1.26 bits per heavy atom. The highest BCUT2D eigenvalue weighted by atomic mass is 35.5. The van der Waals surface area contributed by atoms with Gasteiger partial charge in [-0.05, 0) is 36.2 Å². The van der Waals surface area contributed by atoms with Crippen molar-refractivity contribution >= 4 is 38.9 Å². The van der Waals surface area contributed by atoms with E-state index in [4.69, 9.17) is 21.1 Å². The van der Waals surface area contributed by atoms with E-state index in [0.29, 0.717) is 42.7 Å². The number of sulfonamides is 1. The first-order valence-corrected chi connectivity index (χ1v) is 10.9. The molecular weight excluding hydrogens is 412 g/mol. The van der Waals surface area contributed by atoms with Gasteiger partial charge in [-0.3, -0.25) is 4.79 Å². The summed E-state index contributed by atoms with van der Waals surface area (Å²) in [5, 5.41) is 3.09. The zero-order valence-corrected chi connectivity index (χ0v) is 17.0. The molecule has 0 saturated heterocycles. The van der Waals surface area contributed by atoms with Crippen molar-refractivity contribution in [2.45, 2.75) is 24.1 Å². The van der Waals surface area contributed by atoms with Crippen LogP contribution in [0.25, 0.3) is 0 Å². The maximum Gasteiger partial charge on any atom is 0.250 e. The van der Waals surface area contributed by atoms with Gasteiger partial charge in [-0.15, -0.1) is 11.3 Å². The van der Waals surface area contributed by atoms with Crippen LogP contribution in [0.1, 0.15) is 17.4 Å². The van der Waals surface area contributed by atoms with Gasteiger partial charge in [0, 0.05) is 18.3 Å². The first-order chi connectivity index (χ1) is 12.8. The van der Waals surface area contributed by atoms with Crippen molar-refractivity contribution in [1.29, 1.82) is 0 Å². The monoisotopic (exact) mass is 430 g/mol. The lowest BCUT2D eigenvalue weighted by Crippen LogP contribution is -2.25. The molecule has 146 valence electrons. The lowest BCUT2D eigenvalue weighted by atomic mass is 10.1. The molecule has 0 spiro atoms. The molecule has 10 heteroatoms. The van der Waals surface area contributed by atoms with Gasteiger partial charge in [0.05, 0.1) is 11.6 Å². The molecule has 2 N–H and O–H groups in total. The number of thiophene rings is 1. The van der Waals surface area contributed by atoms with Crippen LogP contribution in [-0.4, -0.2) is 34.1 Å². The van der Waals surface area contributed by atoms with Crippen LogP contribution in [0.3, 0.4) is 0 Å². The van der Waals surface area contributed by atoms with E-state index in [1.807, 2.05) is 6.07 Å². The van der Waals surface area contributed by atoms with E-state index in [-0.39, 0.29) is 16.7 Å². The Kier molecular flexibility index (Phi) is 6.25. The number of fused-ring (bicyclic) bond motifs is 1. The molecule has 2 aromatic rings. The van der Waals surface area contributed by atoms with Gasteiger partial charge in [-0.2, -0.15) is 0 Å². The lowest BCUT2D eigenvalue weighted by molar-refractivity contribution is -0.119. The predicted octanol–water partition coefficient (Wildman–Crippen LogP) is 2.33. The van der Waals surface area contributed by atoms with E-state index < -0.39 is 10.0 Å². The molecule has 0 saturated carbocycles. The Hall–Kier alpha value is -1.81. The van der Waals surface area contributed by atoms with Crippen molar-refractivity contribution in [2.24, 2.45) is 0 Å². The molecule has 0 fully saturated rings. The number of hydrogen-bond donors (Lipinski definition) is 2. The van der Waals surface area contributed by atoms with Crippen molar-refractivity contribution in [1.82, 2.24) is 10.0 Å². The number of hydrogen-bond acceptors (Lipinski definition) is 6. The molecule has 2 heterocycles. The van der Waals surface area contributed by atoms with Gasteiger partial charge in [0.25, 0.3) is 0 Å². The van der Waals surface area contributed by atoms with Crippen LogP contribution in [0.5, 0.6) is 11.5 Å². The molecule has 7 nitrogen and oxygen atoms in total. The van der Waals surface area contributed by atoms with Crippen molar-refractivity contribution in [3.63, 3.8) is 0 Å². The first-order valence-electron chi connectivity index (χ1n) is 8.26. The smallest absolute Gasteiger partial charge is 0.250 e. The third-order valence-electron chi connectivity index (χ3n) is 3.78. The Labute approximate surface area is 166 Å². The summed E-state index contributed by atoms with van der Waals surface area (Å²) in [5.74, 6) is 0.939. The highest BCUT2D eigenvalue weighted by Gasteiger charge is 2.19. The zero-order valence-electron chi connectivity index (χ0n) is 14.6. The van der Waals surface area contributed by atoms with Crippen LogP contribution < -0.4 is 19.5 Å². The number of rotatable bonds is 7. The van der Waals surface area contributed by atoms with E-state index in [0.717, 1.165) is 21.8 Å². The Morgan fingerprint density at radius 2 is 2.04 bits per heavy atom. The number of nitrogens with one attached hydrogen (secondary N) is 2. The van der Waals surface area contributed by atoms with Gasteiger partial charge in [-0.1, -0.05) is 11.6 Å². The van der Waals surface area contributed by atoms with Crippen LogP contribution in [0.2, 0.25) is 5.02 Å². The number of carbonyl (C=O) groups excluding carboxylic acids is 1. The summed E-state index contributed by atoms with van der Waals surface area (Å²) >= 11 is 7.32. The van der Waals surface area contributed by atoms with Crippen LogP contribution >= 0.6 is 22.9 Å². The van der Waals surface area contributed by atoms with Crippen LogP contribution in [0.15, 0.2) is 28.5 Å². The summed E-state index contributed by atoms with van der Waals surface area (Å²) in [7, 11) is -3.61. The first kappa shape index (κ1) is 19.9. The second-order valence-electron chi connectivity index (χ2n) is 5.88. The molecule has 0 aliphatic carbocycles. The standard InChI is InChI=1S/C17H19ClN2O5S2/c1-11(21)19-10-13-2-3-16(26-13)27(22,23)20-5-4-12-8-14(18)17-15(9-12)24-6-7-25-17/h2-3,8-9,20H,4-7,10H2,1H3,(H,19,21). The third kappa shape index (κ3) is 5.13. The maximum atomic E-state index is 12.4. The third-order valence-corrected chi connectivity index (χ3v) is 7.09. The van der Waals surface area contributed by atoms with Gasteiger partial charge in [0.2, 0.25) is 15.9 Å². The van der Waals surface area contributed by atoms with Gasteiger partial charge >= 0.3 is 0 Å². The van der Waals surface area contributed by atoms with Gasteiger partial charge in [-0.25, -0.2) is 13.1 Å². The highest BCUT2D eigenvalue weighted by molar-refractivity contribution is 7.91. The van der Waals surface area contributed by atoms with E-state index in [2.05, 4.69) is 10.0 Å². The molecule has 1 amide bonds. The van der Waals surface area contributed by atoms with Gasteiger partial charge in [0.1, 0.15) is 17.4 Å². The van der Waals surface area contributed by atoms with Crippen LogP contribution in [0.4, 0.5) is 0 Å². The highest BCUT2D eigenvalue weighted by Crippen LogP contribution is 2.38. The van der Waals surface area contributed by atoms with Gasteiger partial charge < -0.3 is 14.8 Å². The topological polar surface area (TPSA) is 93.7 Å². The second-order valence-corrected chi connectivity index (χ2v) is 9.45. The second kappa shape index (κ2) is 8.47. The minimum atomic E-state index is -3.61. The summed E-state index contributed by atoms with van der Waals surface area (Å²) in [6.45, 7) is 2.86. The molecule has 0 unspecified atom stereocenters. The van der Waals surface area contributed by atoms with E-state index in [9.17, 15) is 13.2 Å². The number of benzene rings is 1. The molecule has 3 rings (SSSR count).